The molecule has 9 heterocycles. The largest absolute Gasteiger partial charge is 0.381 e. The molecule has 5 aliphatic rings. The van der Waals surface area contributed by atoms with E-state index in [0.29, 0.717) is 55.3 Å². The molecule has 4 aromatic heterocycles. The third kappa shape index (κ3) is 15.8. The third-order valence-corrected chi connectivity index (χ3v) is 22.7. The van der Waals surface area contributed by atoms with E-state index in [-0.39, 0.29) is 47.1 Å². The number of aromatic nitrogens is 6. The Bertz CT molecular complexity index is 3270. The second-order valence-corrected chi connectivity index (χ2v) is 27.8. The third-order valence-electron chi connectivity index (χ3n) is 15.7. The lowest BCUT2D eigenvalue weighted by molar-refractivity contribution is 0.198. The Hall–Kier alpha value is -5.45. The number of likely N-dealkylation sites (N-methyl/N-ethyl adjacent to an activating group) is 2. The lowest BCUT2D eigenvalue weighted by Crippen LogP contribution is -2.46. The molecule has 0 bridgehead atoms. The van der Waals surface area contributed by atoms with E-state index < -0.39 is 25.6 Å². The standard InChI is InChI=1S/C26H32FN7O2S2.C14H21N5O2S2.C12H12ClFN2.C4H8O/c1-20(21-4-6-22(27)7-5-21)34-19-29-17-23(34)16-26(28-2)8-10-33(11-9-26)38(35,36)24-18-30-25(37-24)32-14-12-31(3)13-15-32;1-15-12-3-5-19(6-4-12)23(20,21)13-11-16-14(22-13)18-9-7-17(2)8-10-18;1-9(10-2-4-11(14)5-3-10)16-8-15-7-12(16)6-13;1-2-4-5-3-1/h4-7,17-20H,8-16H2,1,3H3;11-12H,3-10H2,2H3;2-5,7-9H,6H2,1H3;1-4H2/t20-;;9-;/m1.1./s1. The summed E-state index contributed by atoms with van der Waals surface area (Å²) < 4.78 is 91.0. The summed E-state index contributed by atoms with van der Waals surface area (Å²) in [7, 11) is -2.98. The van der Waals surface area contributed by atoms with Gasteiger partial charge in [0.1, 0.15) is 11.6 Å². The SMILES string of the molecule is C1CCOC1.C[C@H](c1ccc(F)cc1)n1cncc1CCl.[C-]#[N+]C1(Cc2cncn2[C@H](C)c2ccc(F)cc2)CCN(S(=O)(=O)c2cnc(N3CCN(C)CC3)s2)CC1.[C-]#[N+]C1CCN(S(=O)(=O)c2cnc(N3CCN(C)CC3)s2)CC1. The van der Waals surface area contributed by atoms with Crippen molar-refractivity contribution in [1.29, 1.82) is 0 Å². The summed E-state index contributed by atoms with van der Waals surface area (Å²) in [5, 5.41) is 1.53. The summed E-state index contributed by atoms with van der Waals surface area (Å²) in [6, 6.07) is 12.9. The Morgan fingerprint density at radius 2 is 1.07 bits per heavy atom. The van der Waals surface area contributed by atoms with Crippen molar-refractivity contribution in [1.82, 2.24) is 47.5 Å². The number of thiazole rings is 2. The number of nitrogens with zero attached hydrogens (tertiary/aromatic N) is 14. The predicted molar refractivity (Wildman–Crippen MR) is 318 cm³/mol. The number of rotatable bonds is 13. The maximum atomic E-state index is 13.4. The zero-order chi connectivity index (χ0) is 58.4. The number of hydrogen-bond donors (Lipinski definition) is 0. The molecule has 26 heteroatoms. The van der Waals surface area contributed by atoms with Crippen molar-refractivity contribution in [3.63, 3.8) is 0 Å². The van der Waals surface area contributed by atoms with Crippen LogP contribution in [0.25, 0.3) is 9.69 Å². The van der Waals surface area contributed by atoms with Crippen LogP contribution in [0.5, 0.6) is 0 Å². The first-order valence-electron chi connectivity index (χ1n) is 27.6. The Kier molecular flexibility index (Phi) is 22.1. The fourth-order valence-electron chi connectivity index (χ4n) is 10.2. The van der Waals surface area contributed by atoms with Crippen molar-refractivity contribution in [3.05, 3.63) is 143 Å². The van der Waals surface area contributed by atoms with Gasteiger partial charge in [-0.25, -0.2) is 58.7 Å². The highest BCUT2D eigenvalue weighted by molar-refractivity contribution is 7.91. The van der Waals surface area contributed by atoms with Gasteiger partial charge in [0.2, 0.25) is 11.6 Å². The molecule has 5 aliphatic heterocycles. The smallest absolute Gasteiger partial charge is 0.254 e. The lowest BCUT2D eigenvalue weighted by Gasteiger charge is -2.33. The minimum atomic E-state index is -3.67. The molecule has 0 aliphatic carbocycles. The molecule has 2 atom stereocenters. The van der Waals surface area contributed by atoms with E-state index >= 15 is 0 Å². The average Bonchev–Trinajstić information content (AvgIpc) is 4.39. The van der Waals surface area contributed by atoms with Crippen molar-refractivity contribution in [2.75, 3.05) is 116 Å². The van der Waals surface area contributed by atoms with Gasteiger partial charge in [-0.15, -0.1) is 11.6 Å². The number of anilines is 2. The number of ether oxygens (including phenoxy) is 1. The van der Waals surface area contributed by atoms with Crippen LogP contribution in [0.1, 0.15) is 87.0 Å². The second-order valence-electron chi connectivity index (χ2n) is 21.2. The second kappa shape index (κ2) is 28.9. The van der Waals surface area contributed by atoms with Gasteiger partial charge < -0.3 is 43.2 Å². The molecular formula is C56H73ClF2N14O5S4. The van der Waals surface area contributed by atoms with Crippen molar-refractivity contribution < 1.29 is 30.4 Å². The molecule has 2 aromatic carbocycles. The van der Waals surface area contributed by atoms with Crippen molar-refractivity contribution >= 4 is 64.6 Å². The molecule has 82 heavy (non-hydrogen) atoms. The molecule has 11 rings (SSSR count). The van der Waals surface area contributed by atoms with Crippen LogP contribution in [0.15, 0.2) is 94.4 Å². The van der Waals surface area contributed by atoms with Gasteiger partial charge in [-0.2, -0.15) is 8.61 Å². The van der Waals surface area contributed by atoms with E-state index in [1.807, 2.05) is 23.0 Å². The molecule has 6 aromatic rings. The summed E-state index contributed by atoms with van der Waals surface area (Å²) in [4.78, 5) is 33.4. The Labute approximate surface area is 494 Å². The van der Waals surface area contributed by atoms with E-state index in [4.69, 9.17) is 29.5 Å². The molecule has 0 radical (unpaired) electrons. The van der Waals surface area contributed by atoms with E-state index in [9.17, 15) is 25.6 Å². The van der Waals surface area contributed by atoms with E-state index in [1.165, 1.54) is 80.8 Å². The number of piperazine rings is 2. The molecule has 0 saturated carbocycles. The summed E-state index contributed by atoms with van der Waals surface area (Å²) in [6.45, 7) is 29.7. The summed E-state index contributed by atoms with van der Waals surface area (Å²) in [5.41, 5.74) is 3.15. The van der Waals surface area contributed by atoms with Crippen LogP contribution >= 0.6 is 34.3 Å². The molecule has 442 valence electrons. The average molecular weight is 1220 g/mol. The monoisotopic (exact) mass is 1220 g/mol. The minimum Gasteiger partial charge on any atom is -0.381 e. The van der Waals surface area contributed by atoms with Crippen LogP contribution in [-0.2, 0) is 37.1 Å². The molecule has 0 spiro atoms. The van der Waals surface area contributed by atoms with Gasteiger partial charge in [-0.05, 0) is 76.2 Å². The van der Waals surface area contributed by atoms with Gasteiger partial charge in [-0.1, -0.05) is 46.9 Å². The highest BCUT2D eigenvalue weighted by atomic mass is 35.5. The van der Waals surface area contributed by atoms with Gasteiger partial charge in [0.25, 0.3) is 20.0 Å². The van der Waals surface area contributed by atoms with Gasteiger partial charge in [-0.3, -0.25) is 0 Å². The lowest BCUT2D eigenvalue weighted by atomic mass is 9.84. The number of benzene rings is 2. The van der Waals surface area contributed by atoms with E-state index in [0.717, 1.165) is 98.3 Å². The van der Waals surface area contributed by atoms with Crippen LogP contribution in [0.4, 0.5) is 19.0 Å². The highest BCUT2D eigenvalue weighted by Gasteiger charge is 2.45. The fourth-order valence-corrected chi connectivity index (χ4v) is 16.0. The number of halogens is 3. The van der Waals surface area contributed by atoms with Crippen molar-refractivity contribution in [3.8, 4) is 0 Å². The van der Waals surface area contributed by atoms with Crippen molar-refractivity contribution in [2.24, 2.45) is 0 Å². The zero-order valence-electron chi connectivity index (χ0n) is 46.9. The highest BCUT2D eigenvalue weighted by Crippen LogP contribution is 2.37. The maximum absolute atomic E-state index is 13.4. The van der Waals surface area contributed by atoms with Gasteiger partial charge in [0.15, 0.2) is 18.7 Å². The van der Waals surface area contributed by atoms with Gasteiger partial charge >= 0.3 is 0 Å². The molecule has 19 nitrogen and oxygen atoms in total. The first-order valence-corrected chi connectivity index (χ1v) is 32.7. The van der Waals surface area contributed by atoms with E-state index in [1.54, 1.807) is 49.3 Å². The molecule has 0 unspecified atom stereocenters. The van der Waals surface area contributed by atoms with Crippen LogP contribution in [0, 0.1) is 24.8 Å². The molecule has 0 amide bonds. The van der Waals surface area contributed by atoms with Crippen LogP contribution in [0.2, 0.25) is 0 Å². The predicted octanol–water partition coefficient (Wildman–Crippen LogP) is 8.66. The molecular weight excluding hydrogens is 1150 g/mol. The number of alkyl halides is 1. The molecule has 0 N–H and O–H groups in total. The Morgan fingerprint density at radius 1 is 0.646 bits per heavy atom. The van der Waals surface area contributed by atoms with Crippen LogP contribution in [-0.4, -0.2) is 182 Å². The summed E-state index contributed by atoms with van der Waals surface area (Å²) >= 11 is 8.29. The topological polar surface area (TPSA) is 167 Å². The van der Waals surface area contributed by atoms with Gasteiger partial charge in [0.05, 0.1) is 55.1 Å². The number of sulfonamides is 2. The number of piperidine rings is 2. The maximum Gasteiger partial charge on any atom is 0.254 e. The van der Waals surface area contributed by atoms with E-state index in [2.05, 4.69) is 63.3 Å². The number of imidazole rings is 2. The van der Waals surface area contributed by atoms with Crippen molar-refractivity contribution in [2.45, 2.75) is 96.8 Å². The fraction of sp³-hybridized carbons (Fsp3) is 0.536. The van der Waals surface area contributed by atoms with Crippen LogP contribution in [0.3, 0.4) is 0 Å². The Morgan fingerprint density at radius 3 is 1.48 bits per heavy atom. The molecule has 5 saturated heterocycles. The van der Waals surface area contributed by atoms with Crippen LogP contribution < -0.4 is 9.80 Å². The first-order chi connectivity index (χ1) is 39.4. The molecule has 5 fully saturated rings. The Balaban J connectivity index is 0.000000168. The number of hydrogen-bond acceptors (Lipinski definition) is 15. The van der Waals surface area contributed by atoms with Gasteiger partial charge in [0, 0.05) is 136 Å². The minimum absolute atomic E-state index is 0.0381. The zero-order valence-corrected chi connectivity index (χ0v) is 51.0. The summed E-state index contributed by atoms with van der Waals surface area (Å²) in [6.07, 6.45) is 15.1. The normalized spacial score (nSPS) is 19.3. The quantitative estimate of drug-likeness (QED) is 0.0797. The first kappa shape index (κ1) is 62.6. The summed E-state index contributed by atoms with van der Waals surface area (Å²) in [5.74, 6) is -0.0839.